The van der Waals surface area contributed by atoms with Crippen LogP contribution < -0.4 is 10.5 Å². The highest BCUT2D eigenvalue weighted by molar-refractivity contribution is 5.33. The van der Waals surface area contributed by atoms with Gasteiger partial charge in [0.1, 0.15) is 5.75 Å². The molecule has 2 rings (SSSR count). The lowest BCUT2D eigenvalue weighted by Gasteiger charge is -2.29. The van der Waals surface area contributed by atoms with Crippen LogP contribution in [0.3, 0.4) is 0 Å². The van der Waals surface area contributed by atoms with Gasteiger partial charge in [0.2, 0.25) is 0 Å². The van der Waals surface area contributed by atoms with Gasteiger partial charge in [-0.25, -0.2) is 0 Å². The number of pyridine rings is 1. The van der Waals surface area contributed by atoms with E-state index in [-0.39, 0.29) is 12.0 Å². The van der Waals surface area contributed by atoms with Crippen molar-refractivity contribution in [3.05, 3.63) is 59.9 Å². The molecule has 0 radical (unpaired) electrons. The first-order valence-corrected chi connectivity index (χ1v) is 7.48. The van der Waals surface area contributed by atoms with E-state index >= 15 is 0 Å². The lowest BCUT2D eigenvalue weighted by Crippen LogP contribution is -2.26. The first kappa shape index (κ1) is 15.5. The molecule has 3 heteroatoms. The molecule has 21 heavy (non-hydrogen) atoms. The van der Waals surface area contributed by atoms with Crippen LogP contribution in [0.4, 0.5) is 0 Å². The first-order valence-electron chi connectivity index (χ1n) is 7.48. The molecule has 0 bridgehead atoms. The van der Waals surface area contributed by atoms with E-state index in [1.54, 1.807) is 13.3 Å². The fraction of sp³-hybridized carbons (Fsp3) is 0.389. The van der Waals surface area contributed by atoms with Crippen LogP contribution in [-0.2, 0) is 0 Å². The van der Waals surface area contributed by atoms with Gasteiger partial charge in [-0.2, -0.15) is 0 Å². The first-order chi connectivity index (χ1) is 10.2. The summed E-state index contributed by atoms with van der Waals surface area (Å²) in [6.07, 6.45) is 2.85. The predicted octanol–water partition coefficient (Wildman–Crippen LogP) is 3.92. The highest BCUT2D eigenvalue weighted by Crippen LogP contribution is 2.38. The van der Waals surface area contributed by atoms with Gasteiger partial charge in [-0.1, -0.05) is 50.6 Å². The zero-order valence-corrected chi connectivity index (χ0v) is 13.0. The minimum Gasteiger partial charge on any atom is -0.495 e. The number of rotatable bonds is 6. The maximum absolute atomic E-state index is 6.58. The van der Waals surface area contributed by atoms with Crippen LogP contribution >= 0.6 is 0 Å². The Kier molecular flexibility index (Phi) is 5.34. The molecule has 3 atom stereocenters. The Morgan fingerprint density at radius 1 is 1.14 bits per heavy atom. The second-order valence-corrected chi connectivity index (χ2v) is 5.44. The van der Waals surface area contributed by atoms with E-state index in [1.807, 2.05) is 18.2 Å². The molecule has 0 aliphatic carbocycles. The predicted molar refractivity (Wildman–Crippen MR) is 86.4 cm³/mol. The van der Waals surface area contributed by atoms with E-state index in [0.29, 0.717) is 5.92 Å². The molecule has 0 aliphatic heterocycles. The quantitative estimate of drug-likeness (QED) is 0.874. The van der Waals surface area contributed by atoms with Crippen molar-refractivity contribution in [3.63, 3.8) is 0 Å². The van der Waals surface area contributed by atoms with Gasteiger partial charge in [0, 0.05) is 12.1 Å². The molecule has 2 aromatic rings. The van der Waals surface area contributed by atoms with E-state index in [9.17, 15) is 0 Å². The number of ether oxygens (including phenoxy) is 1. The molecule has 3 unspecified atom stereocenters. The molecule has 0 saturated heterocycles. The zero-order chi connectivity index (χ0) is 15.2. The lowest BCUT2D eigenvalue weighted by atomic mass is 9.79. The number of benzene rings is 1. The van der Waals surface area contributed by atoms with E-state index < -0.39 is 0 Å². The van der Waals surface area contributed by atoms with E-state index in [1.165, 1.54) is 5.56 Å². The number of nitrogens with zero attached hydrogens (tertiary/aromatic N) is 1. The van der Waals surface area contributed by atoms with Crippen LogP contribution in [0.15, 0.2) is 48.7 Å². The molecule has 0 amide bonds. The summed E-state index contributed by atoms with van der Waals surface area (Å²) in [5, 5.41) is 0. The largest absolute Gasteiger partial charge is 0.495 e. The maximum Gasteiger partial charge on any atom is 0.141 e. The molecule has 3 nitrogen and oxygen atoms in total. The molecule has 0 fully saturated rings. The minimum absolute atomic E-state index is 0.182. The summed E-state index contributed by atoms with van der Waals surface area (Å²) in [6, 6.07) is 14.1. The van der Waals surface area contributed by atoms with Crippen LogP contribution in [0.5, 0.6) is 5.75 Å². The van der Waals surface area contributed by atoms with Crippen LogP contribution in [0.2, 0.25) is 0 Å². The normalized spacial score (nSPS) is 15.2. The molecule has 1 aromatic heterocycles. The van der Waals surface area contributed by atoms with Gasteiger partial charge in [-0.05, 0) is 23.6 Å². The van der Waals surface area contributed by atoms with Crippen LogP contribution in [-0.4, -0.2) is 12.1 Å². The number of hydrogen-bond donors (Lipinski definition) is 1. The van der Waals surface area contributed by atoms with Gasteiger partial charge in [-0.15, -0.1) is 0 Å². The van der Waals surface area contributed by atoms with Crippen molar-refractivity contribution in [1.29, 1.82) is 0 Å². The molecule has 1 aromatic carbocycles. The van der Waals surface area contributed by atoms with E-state index in [4.69, 9.17) is 10.5 Å². The lowest BCUT2D eigenvalue weighted by molar-refractivity contribution is 0.360. The van der Waals surface area contributed by atoms with Gasteiger partial charge in [0.25, 0.3) is 0 Å². The third kappa shape index (κ3) is 3.42. The number of aromatic nitrogens is 1. The summed E-state index contributed by atoms with van der Waals surface area (Å²) in [5.74, 6) is 1.45. The van der Waals surface area contributed by atoms with Gasteiger partial charge in [-0.3, -0.25) is 4.98 Å². The Bertz CT molecular complexity index is 556. The Morgan fingerprint density at radius 2 is 1.86 bits per heavy atom. The molecule has 0 aliphatic rings. The summed E-state index contributed by atoms with van der Waals surface area (Å²) in [5.41, 5.74) is 8.67. The van der Waals surface area contributed by atoms with Crippen molar-refractivity contribution in [2.24, 2.45) is 11.7 Å². The van der Waals surface area contributed by atoms with Crippen molar-refractivity contribution < 1.29 is 4.74 Å². The van der Waals surface area contributed by atoms with Gasteiger partial charge in [0.15, 0.2) is 0 Å². The van der Waals surface area contributed by atoms with E-state index in [2.05, 4.69) is 43.1 Å². The van der Waals surface area contributed by atoms with Crippen molar-refractivity contribution >= 4 is 0 Å². The third-order valence-electron chi connectivity index (χ3n) is 4.16. The highest BCUT2D eigenvalue weighted by Gasteiger charge is 2.28. The molecule has 1 heterocycles. The van der Waals surface area contributed by atoms with Crippen molar-refractivity contribution in [1.82, 2.24) is 4.98 Å². The molecular formula is C18H24N2O. The third-order valence-corrected chi connectivity index (χ3v) is 4.16. The average Bonchev–Trinajstić information content (AvgIpc) is 2.55. The maximum atomic E-state index is 6.58. The summed E-state index contributed by atoms with van der Waals surface area (Å²) in [7, 11) is 1.66. The molecule has 0 saturated carbocycles. The van der Waals surface area contributed by atoms with Gasteiger partial charge >= 0.3 is 0 Å². The molecule has 0 spiro atoms. The Labute approximate surface area is 127 Å². The van der Waals surface area contributed by atoms with Crippen LogP contribution in [0.1, 0.15) is 43.5 Å². The minimum atomic E-state index is -0.182. The fourth-order valence-electron chi connectivity index (χ4n) is 2.81. The second-order valence-electron chi connectivity index (χ2n) is 5.44. The SMILES string of the molecule is CCC(C)C(c1ccccc1)C(N)c1ncccc1OC. The number of methoxy groups -OCH3 is 1. The fourth-order valence-corrected chi connectivity index (χ4v) is 2.81. The summed E-state index contributed by atoms with van der Waals surface area (Å²) >= 11 is 0. The monoisotopic (exact) mass is 284 g/mol. The number of hydrogen-bond acceptors (Lipinski definition) is 3. The van der Waals surface area contributed by atoms with Gasteiger partial charge < -0.3 is 10.5 Å². The van der Waals surface area contributed by atoms with Crippen molar-refractivity contribution in [2.45, 2.75) is 32.2 Å². The van der Waals surface area contributed by atoms with Crippen molar-refractivity contribution in [2.75, 3.05) is 7.11 Å². The Hall–Kier alpha value is -1.87. The van der Waals surface area contributed by atoms with Crippen LogP contribution in [0.25, 0.3) is 0 Å². The Morgan fingerprint density at radius 3 is 2.48 bits per heavy atom. The van der Waals surface area contributed by atoms with Crippen molar-refractivity contribution in [3.8, 4) is 5.75 Å². The number of nitrogens with two attached hydrogens (primary N) is 1. The summed E-state index contributed by atoms with van der Waals surface area (Å²) in [4.78, 5) is 4.46. The summed E-state index contributed by atoms with van der Waals surface area (Å²) < 4.78 is 5.42. The standard InChI is InChI=1S/C18H24N2O/c1-4-13(2)16(14-9-6-5-7-10-14)17(19)18-15(21-3)11-8-12-20-18/h5-13,16-17H,4,19H2,1-3H3. The van der Waals surface area contributed by atoms with Gasteiger partial charge in [0.05, 0.1) is 18.8 Å². The molecule has 2 N–H and O–H groups in total. The average molecular weight is 284 g/mol. The highest BCUT2D eigenvalue weighted by atomic mass is 16.5. The summed E-state index contributed by atoms with van der Waals surface area (Å²) in [6.45, 7) is 4.44. The molecular weight excluding hydrogens is 260 g/mol. The zero-order valence-electron chi connectivity index (χ0n) is 13.0. The second kappa shape index (κ2) is 7.23. The topological polar surface area (TPSA) is 48.1 Å². The Balaban J connectivity index is 2.41. The smallest absolute Gasteiger partial charge is 0.141 e. The van der Waals surface area contributed by atoms with E-state index in [0.717, 1.165) is 17.9 Å². The molecule has 112 valence electrons. The van der Waals surface area contributed by atoms with Crippen LogP contribution in [0, 0.1) is 5.92 Å².